The van der Waals surface area contributed by atoms with Crippen molar-refractivity contribution in [3.63, 3.8) is 0 Å². The van der Waals surface area contributed by atoms with Crippen molar-refractivity contribution in [1.82, 2.24) is 9.55 Å². The number of aromatic nitrogens is 2. The molecule has 12 heteroatoms. The van der Waals surface area contributed by atoms with Gasteiger partial charge in [0.25, 0.3) is 0 Å². The van der Waals surface area contributed by atoms with Crippen LogP contribution >= 0.6 is 0 Å². The zero-order valence-corrected chi connectivity index (χ0v) is 19.4. The summed E-state index contributed by atoms with van der Waals surface area (Å²) in [6.45, 7) is 11.9. The molecule has 0 aromatic carbocycles. The molecule has 0 bridgehead atoms. The molecule has 166 valence electrons. The third kappa shape index (κ3) is 5.27. The Morgan fingerprint density at radius 1 is 1.43 bits per heavy atom. The molecule has 1 N–H and O–H groups in total. The Hall–Kier alpha value is -2.24. The predicted molar refractivity (Wildman–Crippen MR) is 114 cm³/mol. The number of azide groups is 1. The minimum atomic E-state index is -2.23. The van der Waals surface area contributed by atoms with Gasteiger partial charge in [0, 0.05) is 25.1 Å². The smallest absolute Gasteiger partial charge is 0.351 e. The molecular weight excluding hydrogens is 408 g/mol. The minimum Gasteiger partial charge on any atom is -0.408 e. The fourth-order valence-electron chi connectivity index (χ4n) is 2.96. The summed E-state index contributed by atoms with van der Waals surface area (Å²) < 4.78 is 19.6. The molecule has 2 heterocycles. The summed E-state index contributed by atoms with van der Waals surface area (Å²) >= 11 is 0. The van der Waals surface area contributed by atoms with Crippen LogP contribution in [0.25, 0.3) is 10.4 Å². The van der Waals surface area contributed by atoms with Gasteiger partial charge in [-0.1, -0.05) is 25.9 Å². The summed E-state index contributed by atoms with van der Waals surface area (Å²) in [6.07, 6.45) is -1.09. The highest BCUT2D eigenvalue weighted by molar-refractivity contribution is 6.74. The highest BCUT2D eigenvalue weighted by Gasteiger charge is 2.51. The molecule has 1 amide bonds. The molecule has 4 atom stereocenters. The molecule has 1 aromatic heterocycles. The maximum absolute atomic E-state index is 12.6. The summed E-state index contributed by atoms with van der Waals surface area (Å²) in [4.78, 5) is 30.5. The van der Waals surface area contributed by atoms with Gasteiger partial charge in [-0.15, -0.1) is 0 Å². The highest BCUT2D eigenvalue weighted by atomic mass is 28.4. The van der Waals surface area contributed by atoms with Crippen LogP contribution in [0, 0.1) is 0 Å². The van der Waals surface area contributed by atoms with Crippen molar-refractivity contribution in [1.29, 1.82) is 0 Å². The quantitative estimate of drug-likeness (QED) is 0.300. The molecule has 0 radical (unpaired) electrons. The maximum Gasteiger partial charge on any atom is 0.351 e. The van der Waals surface area contributed by atoms with E-state index in [4.69, 9.17) is 19.4 Å². The second-order valence-electron chi connectivity index (χ2n) is 8.71. The summed E-state index contributed by atoms with van der Waals surface area (Å²) in [6, 6.07) is 1.50. The maximum atomic E-state index is 12.6. The van der Waals surface area contributed by atoms with Crippen LogP contribution in [0.4, 0.5) is 5.82 Å². The first-order valence-corrected chi connectivity index (χ1v) is 12.6. The first-order chi connectivity index (χ1) is 13.9. The van der Waals surface area contributed by atoms with Crippen LogP contribution in [0.5, 0.6) is 0 Å². The van der Waals surface area contributed by atoms with E-state index in [-0.39, 0.29) is 23.3 Å². The number of ether oxygens (including phenoxy) is 2. The number of nitrogens with zero attached hydrogens (tertiary/aromatic N) is 5. The van der Waals surface area contributed by atoms with E-state index in [1.165, 1.54) is 30.9 Å². The Balaban J connectivity index is 2.41. The molecule has 0 saturated carbocycles. The van der Waals surface area contributed by atoms with Gasteiger partial charge in [-0.3, -0.25) is 9.36 Å². The van der Waals surface area contributed by atoms with Gasteiger partial charge < -0.3 is 19.2 Å². The number of carbonyl (C=O) groups is 1. The molecule has 1 fully saturated rings. The van der Waals surface area contributed by atoms with Gasteiger partial charge in [0.15, 0.2) is 14.5 Å². The average molecular weight is 439 g/mol. The van der Waals surface area contributed by atoms with Crippen molar-refractivity contribution in [2.45, 2.75) is 70.4 Å². The number of carbonyl (C=O) groups excluding carboxylic acids is 1. The number of anilines is 1. The van der Waals surface area contributed by atoms with Gasteiger partial charge in [-0.05, 0) is 29.7 Å². The number of methoxy groups -OCH3 is 1. The average Bonchev–Trinajstić information content (AvgIpc) is 2.95. The van der Waals surface area contributed by atoms with Gasteiger partial charge >= 0.3 is 5.69 Å². The fraction of sp³-hybridized carbons (Fsp3) is 0.722. The molecule has 2 rings (SSSR count). The molecule has 1 saturated heterocycles. The third-order valence-electron chi connectivity index (χ3n) is 5.53. The largest absolute Gasteiger partial charge is 0.408 e. The summed E-state index contributed by atoms with van der Waals surface area (Å²) in [5.74, 6) is -0.181. The van der Waals surface area contributed by atoms with E-state index in [9.17, 15) is 9.59 Å². The van der Waals surface area contributed by atoms with Crippen molar-refractivity contribution in [2.75, 3.05) is 19.0 Å². The van der Waals surface area contributed by atoms with Crippen molar-refractivity contribution in [3.8, 4) is 0 Å². The Kier molecular flexibility index (Phi) is 7.43. The zero-order valence-electron chi connectivity index (χ0n) is 18.4. The van der Waals surface area contributed by atoms with Gasteiger partial charge in [0.05, 0.1) is 12.6 Å². The lowest BCUT2D eigenvalue weighted by Crippen LogP contribution is -2.50. The fourth-order valence-corrected chi connectivity index (χ4v) is 4.28. The Morgan fingerprint density at radius 2 is 2.10 bits per heavy atom. The molecule has 1 aliphatic rings. The Labute approximate surface area is 176 Å². The van der Waals surface area contributed by atoms with E-state index >= 15 is 0 Å². The number of rotatable bonds is 7. The molecular formula is C18H30N6O5Si. The van der Waals surface area contributed by atoms with Gasteiger partial charge in [-0.25, -0.2) is 4.79 Å². The van der Waals surface area contributed by atoms with Crippen LogP contribution in [0.15, 0.2) is 22.2 Å². The predicted octanol–water partition coefficient (Wildman–Crippen LogP) is 2.81. The van der Waals surface area contributed by atoms with Crippen molar-refractivity contribution < 1.29 is 18.7 Å². The molecule has 1 aliphatic heterocycles. The van der Waals surface area contributed by atoms with E-state index in [1.807, 2.05) is 0 Å². The van der Waals surface area contributed by atoms with E-state index < -0.39 is 38.5 Å². The molecule has 0 aliphatic carbocycles. The molecule has 1 aromatic rings. The van der Waals surface area contributed by atoms with E-state index in [1.54, 1.807) is 0 Å². The summed E-state index contributed by atoms with van der Waals surface area (Å²) in [5, 5.41) is 6.05. The molecule has 11 nitrogen and oxygen atoms in total. The van der Waals surface area contributed by atoms with Crippen LogP contribution in [0.2, 0.25) is 18.1 Å². The van der Waals surface area contributed by atoms with Crippen LogP contribution in [0.1, 0.15) is 33.9 Å². The van der Waals surface area contributed by atoms with Crippen LogP contribution in [-0.4, -0.2) is 55.7 Å². The minimum absolute atomic E-state index is 0.0400. The number of hydrogen-bond acceptors (Lipinski definition) is 7. The zero-order chi connectivity index (χ0) is 22.7. The van der Waals surface area contributed by atoms with Crippen LogP contribution < -0.4 is 11.0 Å². The van der Waals surface area contributed by atoms with Crippen molar-refractivity contribution >= 4 is 20.0 Å². The first kappa shape index (κ1) is 24.0. The highest BCUT2D eigenvalue weighted by Crippen LogP contribution is 2.41. The second kappa shape index (κ2) is 9.27. The summed E-state index contributed by atoms with van der Waals surface area (Å²) in [7, 11) is -0.709. The van der Waals surface area contributed by atoms with E-state index in [0.717, 1.165) is 0 Å². The van der Waals surface area contributed by atoms with Gasteiger partial charge in [-0.2, -0.15) is 4.98 Å². The van der Waals surface area contributed by atoms with E-state index in [2.05, 4.69) is 54.2 Å². The second-order valence-corrected chi connectivity index (χ2v) is 13.5. The lowest BCUT2D eigenvalue weighted by Gasteiger charge is -2.40. The third-order valence-corrected chi connectivity index (χ3v) is 10.0. The van der Waals surface area contributed by atoms with Crippen molar-refractivity contribution in [3.05, 3.63) is 33.2 Å². The molecule has 30 heavy (non-hydrogen) atoms. The van der Waals surface area contributed by atoms with Crippen LogP contribution in [-0.2, 0) is 18.7 Å². The topological polar surface area (TPSA) is 140 Å². The Bertz CT molecular complexity index is 877. The number of hydrogen-bond donors (Lipinski definition) is 1. The monoisotopic (exact) mass is 438 g/mol. The Morgan fingerprint density at radius 3 is 2.60 bits per heavy atom. The van der Waals surface area contributed by atoms with E-state index in [0.29, 0.717) is 0 Å². The van der Waals surface area contributed by atoms with Gasteiger partial charge in [0.1, 0.15) is 18.0 Å². The lowest BCUT2D eigenvalue weighted by molar-refractivity contribution is -0.114. The number of nitrogens with one attached hydrogen (secondary N) is 1. The standard InChI is InChI=1S/C18H30N6O5Si/c1-11(25)21-13-8-9-24(17(26)22-13)16-15(27-5)14(12(28-16)10-20-23-19)29-30(6,7)18(2,3)4/h8-9,12,14-16H,10H2,1-7H3,(H,21,22,25,26)/t12-,14-,15-,16-/m1/s1. The van der Waals surface area contributed by atoms with Crippen molar-refractivity contribution in [2.24, 2.45) is 5.11 Å². The lowest BCUT2D eigenvalue weighted by atomic mass is 10.1. The normalized spacial score (nSPS) is 24.4. The van der Waals surface area contributed by atoms with Gasteiger partial charge in [0.2, 0.25) is 5.91 Å². The molecule has 0 spiro atoms. The van der Waals surface area contributed by atoms with Crippen LogP contribution in [0.3, 0.4) is 0 Å². The molecule has 0 unspecified atom stereocenters. The summed E-state index contributed by atoms with van der Waals surface area (Å²) in [5.41, 5.74) is 8.16. The SMILES string of the molecule is CO[C@@H]1[C@H](O[Si](C)(C)C(C)(C)C)[C@@H](CN=[N+]=[N-])O[C@H]1n1ccc(NC(C)=O)nc1=O. The number of amides is 1. The first-order valence-electron chi connectivity index (χ1n) is 9.65.